The van der Waals surface area contributed by atoms with Gasteiger partial charge in [0.15, 0.2) is 0 Å². The van der Waals surface area contributed by atoms with Crippen molar-refractivity contribution in [3.63, 3.8) is 0 Å². The molecule has 3 rings (SSSR count). The summed E-state index contributed by atoms with van der Waals surface area (Å²) in [5.74, 6) is -1.26. The van der Waals surface area contributed by atoms with E-state index in [2.05, 4.69) is 5.32 Å². The van der Waals surface area contributed by atoms with Gasteiger partial charge in [-0.3, -0.25) is 9.59 Å². The molecule has 0 aromatic heterocycles. The normalized spacial score (nSPS) is 17.0. The van der Waals surface area contributed by atoms with Crippen molar-refractivity contribution in [1.29, 1.82) is 0 Å². The lowest BCUT2D eigenvalue weighted by atomic mass is 9.96. The Kier molecular flexibility index (Phi) is 5.35. The summed E-state index contributed by atoms with van der Waals surface area (Å²) in [4.78, 5) is 26.9. The van der Waals surface area contributed by atoms with Gasteiger partial charge >= 0.3 is 0 Å². The number of likely N-dealkylation sites (tertiary alicyclic amines) is 1. The summed E-state index contributed by atoms with van der Waals surface area (Å²) in [5.41, 5.74) is 2.90. The lowest BCUT2D eigenvalue weighted by Crippen LogP contribution is -2.44. The van der Waals surface area contributed by atoms with Crippen LogP contribution in [-0.4, -0.2) is 29.8 Å². The third kappa shape index (κ3) is 3.77. The SMILES string of the molecule is Cc1cccc(C)c1NC(=O)C1CCCN(C(=O)c2ccccc2F)C1. The Bertz CT molecular complexity index is 814. The number of amides is 2. The van der Waals surface area contributed by atoms with Gasteiger partial charge in [-0.05, 0) is 49.9 Å². The zero-order valence-electron chi connectivity index (χ0n) is 15.1. The number of halogens is 1. The van der Waals surface area contributed by atoms with E-state index in [4.69, 9.17) is 0 Å². The summed E-state index contributed by atoms with van der Waals surface area (Å²) in [7, 11) is 0. The second kappa shape index (κ2) is 7.68. The number of aryl methyl sites for hydroxylation is 2. The van der Waals surface area contributed by atoms with Gasteiger partial charge in [-0.15, -0.1) is 0 Å². The Morgan fingerprint density at radius 3 is 2.46 bits per heavy atom. The van der Waals surface area contributed by atoms with Crippen LogP contribution in [0.3, 0.4) is 0 Å². The maximum Gasteiger partial charge on any atom is 0.256 e. The summed E-state index contributed by atoms with van der Waals surface area (Å²) < 4.78 is 13.9. The molecule has 1 heterocycles. The molecule has 1 fully saturated rings. The zero-order valence-corrected chi connectivity index (χ0v) is 15.1. The molecular formula is C21H23FN2O2. The maximum atomic E-state index is 13.9. The molecule has 0 spiro atoms. The molecule has 2 aromatic rings. The second-order valence-corrected chi connectivity index (χ2v) is 6.83. The van der Waals surface area contributed by atoms with E-state index < -0.39 is 5.82 Å². The topological polar surface area (TPSA) is 49.4 Å². The summed E-state index contributed by atoms with van der Waals surface area (Å²) in [6, 6.07) is 11.8. The van der Waals surface area contributed by atoms with E-state index in [-0.39, 0.29) is 23.3 Å². The van der Waals surface area contributed by atoms with Gasteiger partial charge < -0.3 is 10.2 Å². The van der Waals surface area contributed by atoms with Crippen LogP contribution in [0.15, 0.2) is 42.5 Å². The summed E-state index contributed by atoms with van der Waals surface area (Å²) >= 11 is 0. The Labute approximate surface area is 153 Å². The highest BCUT2D eigenvalue weighted by Crippen LogP contribution is 2.24. The van der Waals surface area contributed by atoms with E-state index in [9.17, 15) is 14.0 Å². The Hall–Kier alpha value is -2.69. The quantitative estimate of drug-likeness (QED) is 0.908. The van der Waals surface area contributed by atoms with Crippen LogP contribution < -0.4 is 5.32 Å². The molecule has 4 nitrogen and oxygen atoms in total. The van der Waals surface area contributed by atoms with Crippen molar-refractivity contribution in [2.45, 2.75) is 26.7 Å². The van der Waals surface area contributed by atoms with Gasteiger partial charge in [-0.25, -0.2) is 4.39 Å². The molecule has 1 atom stereocenters. The molecule has 1 saturated heterocycles. The monoisotopic (exact) mass is 354 g/mol. The Balaban J connectivity index is 1.71. The van der Waals surface area contributed by atoms with Crippen molar-refractivity contribution in [2.24, 2.45) is 5.92 Å². The number of hydrogen-bond donors (Lipinski definition) is 1. The second-order valence-electron chi connectivity index (χ2n) is 6.83. The van der Waals surface area contributed by atoms with Crippen molar-refractivity contribution in [1.82, 2.24) is 4.90 Å². The highest BCUT2D eigenvalue weighted by molar-refractivity contribution is 5.97. The molecule has 26 heavy (non-hydrogen) atoms. The Morgan fingerprint density at radius 2 is 1.77 bits per heavy atom. The van der Waals surface area contributed by atoms with Crippen LogP contribution in [0.1, 0.15) is 34.3 Å². The molecule has 136 valence electrons. The van der Waals surface area contributed by atoms with Crippen LogP contribution >= 0.6 is 0 Å². The predicted octanol–water partition coefficient (Wildman–Crippen LogP) is 3.93. The number of rotatable bonds is 3. The van der Waals surface area contributed by atoms with E-state index in [0.717, 1.165) is 29.7 Å². The largest absolute Gasteiger partial charge is 0.338 e. The predicted molar refractivity (Wildman–Crippen MR) is 99.6 cm³/mol. The van der Waals surface area contributed by atoms with Crippen molar-refractivity contribution in [2.75, 3.05) is 18.4 Å². The van der Waals surface area contributed by atoms with E-state index in [1.165, 1.54) is 12.1 Å². The van der Waals surface area contributed by atoms with Gasteiger partial charge in [0.05, 0.1) is 11.5 Å². The van der Waals surface area contributed by atoms with Crippen LogP contribution in [0.5, 0.6) is 0 Å². The minimum absolute atomic E-state index is 0.0586. The van der Waals surface area contributed by atoms with Crippen LogP contribution in [0.2, 0.25) is 0 Å². The molecule has 2 amide bonds. The van der Waals surface area contributed by atoms with Gasteiger partial charge in [-0.2, -0.15) is 0 Å². The van der Waals surface area contributed by atoms with Gasteiger partial charge in [-0.1, -0.05) is 30.3 Å². The van der Waals surface area contributed by atoms with E-state index in [1.807, 2.05) is 32.0 Å². The summed E-state index contributed by atoms with van der Waals surface area (Å²) in [6.45, 7) is 4.76. The van der Waals surface area contributed by atoms with Crippen LogP contribution in [-0.2, 0) is 4.79 Å². The number of carbonyl (C=O) groups is 2. The van der Waals surface area contributed by atoms with Gasteiger partial charge in [0.25, 0.3) is 5.91 Å². The molecule has 0 aliphatic carbocycles. The summed E-state index contributed by atoms with van der Waals surface area (Å²) in [5, 5.41) is 3.01. The van der Waals surface area contributed by atoms with Gasteiger partial charge in [0.2, 0.25) is 5.91 Å². The fourth-order valence-corrected chi connectivity index (χ4v) is 3.42. The first-order valence-corrected chi connectivity index (χ1v) is 8.88. The first-order chi connectivity index (χ1) is 12.5. The minimum Gasteiger partial charge on any atom is -0.338 e. The molecule has 5 heteroatoms. The lowest BCUT2D eigenvalue weighted by Gasteiger charge is -2.32. The van der Waals surface area contributed by atoms with E-state index >= 15 is 0 Å². The molecule has 0 bridgehead atoms. The van der Waals surface area contributed by atoms with Gasteiger partial charge in [0.1, 0.15) is 5.82 Å². The Morgan fingerprint density at radius 1 is 1.08 bits per heavy atom. The standard InChI is InChI=1S/C21H23FN2O2/c1-14-7-5-8-15(2)19(14)23-20(25)16-9-6-12-24(13-16)21(26)17-10-3-4-11-18(17)22/h3-5,7-8,10-11,16H,6,9,12-13H2,1-2H3,(H,23,25). The first kappa shape index (κ1) is 18.1. The molecule has 0 radical (unpaired) electrons. The summed E-state index contributed by atoms with van der Waals surface area (Å²) in [6.07, 6.45) is 1.45. The lowest BCUT2D eigenvalue weighted by molar-refractivity contribution is -0.121. The number of nitrogens with one attached hydrogen (secondary N) is 1. The van der Waals surface area contributed by atoms with E-state index in [1.54, 1.807) is 17.0 Å². The maximum absolute atomic E-state index is 13.9. The average Bonchev–Trinajstić information content (AvgIpc) is 2.64. The fourth-order valence-electron chi connectivity index (χ4n) is 3.42. The number of benzene rings is 2. The fraction of sp³-hybridized carbons (Fsp3) is 0.333. The molecule has 1 aliphatic heterocycles. The van der Waals surface area contributed by atoms with Crippen LogP contribution in [0, 0.1) is 25.6 Å². The number of carbonyl (C=O) groups excluding carboxylic acids is 2. The highest BCUT2D eigenvalue weighted by atomic mass is 19.1. The number of hydrogen-bond acceptors (Lipinski definition) is 2. The first-order valence-electron chi connectivity index (χ1n) is 8.88. The molecule has 0 saturated carbocycles. The van der Waals surface area contributed by atoms with Crippen molar-refractivity contribution >= 4 is 17.5 Å². The molecule has 1 aliphatic rings. The number of piperidine rings is 1. The smallest absolute Gasteiger partial charge is 0.256 e. The van der Waals surface area contributed by atoms with Crippen molar-refractivity contribution in [3.8, 4) is 0 Å². The number of para-hydroxylation sites is 1. The van der Waals surface area contributed by atoms with Crippen LogP contribution in [0.25, 0.3) is 0 Å². The zero-order chi connectivity index (χ0) is 18.7. The molecular weight excluding hydrogens is 331 g/mol. The molecule has 1 unspecified atom stereocenters. The van der Waals surface area contributed by atoms with Gasteiger partial charge in [0, 0.05) is 18.8 Å². The molecule has 1 N–H and O–H groups in total. The number of nitrogens with zero attached hydrogens (tertiary/aromatic N) is 1. The third-order valence-electron chi connectivity index (χ3n) is 4.91. The highest BCUT2D eigenvalue weighted by Gasteiger charge is 2.30. The third-order valence-corrected chi connectivity index (χ3v) is 4.91. The van der Waals surface area contributed by atoms with Crippen molar-refractivity contribution < 1.29 is 14.0 Å². The average molecular weight is 354 g/mol. The van der Waals surface area contributed by atoms with Crippen molar-refractivity contribution in [3.05, 3.63) is 65.0 Å². The molecule has 2 aromatic carbocycles. The van der Waals surface area contributed by atoms with Crippen LogP contribution in [0.4, 0.5) is 10.1 Å². The minimum atomic E-state index is -0.528. The van der Waals surface area contributed by atoms with E-state index in [0.29, 0.717) is 13.1 Å². The number of anilines is 1.